The summed E-state index contributed by atoms with van der Waals surface area (Å²) >= 11 is 0. The van der Waals surface area contributed by atoms with Gasteiger partial charge in [0.1, 0.15) is 11.1 Å². The molecule has 0 aromatic rings. The van der Waals surface area contributed by atoms with Gasteiger partial charge in [0.05, 0.1) is 13.2 Å². The van der Waals surface area contributed by atoms with Gasteiger partial charge in [-0.2, -0.15) is 0 Å². The van der Waals surface area contributed by atoms with Crippen molar-refractivity contribution in [3.63, 3.8) is 0 Å². The van der Waals surface area contributed by atoms with Gasteiger partial charge in [0.25, 0.3) is 5.91 Å². The maximum atomic E-state index is 12.9. The maximum absolute atomic E-state index is 12.9. The molecule has 22 heavy (non-hydrogen) atoms. The molecule has 7 heteroatoms. The van der Waals surface area contributed by atoms with Crippen LogP contribution in [-0.2, 0) is 19.1 Å². The number of primary amides is 1. The Labute approximate surface area is 129 Å². The number of nitrogens with zero attached hydrogens (tertiary/aromatic N) is 2. The highest BCUT2D eigenvalue weighted by atomic mass is 16.5. The fourth-order valence-electron chi connectivity index (χ4n) is 3.90. The van der Waals surface area contributed by atoms with E-state index in [1.165, 1.54) is 4.90 Å². The van der Waals surface area contributed by atoms with Gasteiger partial charge in [-0.05, 0) is 12.8 Å². The number of β-lactam (4-membered cyclic amide) rings is 1. The lowest BCUT2D eigenvalue weighted by molar-refractivity contribution is -0.180. The molecule has 0 bridgehead atoms. The standard InChI is InChI=1S/C15H23N3O4/c1-10(2)11(19)17-6-3-4-14(17)8-18(13(14)21)15(12(16)20)5-7-22-9-15/h10H,3-9H2,1-2H3,(H2,16,20). The number of hydrogen-bond donors (Lipinski definition) is 1. The Morgan fingerprint density at radius 3 is 2.55 bits per heavy atom. The molecule has 0 aliphatic carbocycles. The van der Waals surface area contributed by atoms with E-state index in [4.69, 9.17) is 10.5 Å². The molecule has 0 aromatic carbocycles. The Morgan fingerprint density at radius 1 is 1.32 bits per heavy atom. The van der Waals surface area contributed by atoms with Crippen LogP contribution in [0.1, 0.15) is 33.1 Å². The largest absolute Gasteiger partial charge is 0.378 e. The molecule has 0 aromatic heterocycles. The third-order valence-corrected chi connectivity index (χ3v) is 5.29. The van der Waals surface area contributed by atoms with Crippen molar-refractivity contribution in [1.82, 2.24) is 9.80 Å². The highest BCUT2D eigenvalue weighted by Crippen LogP contribution is 2.44. The van der Waals surface area contributed by atoms with E-state index in [-0.39, 0.29) is 24.3 Å². The van der Waals surface area contributed by atoms with Crippen LogP contribution in [0.15, 0.2) is 0 Å². The predicted molar refractivity (Wildman–Crippen MR) is 77.6 cm³/mol. The van der Waals surface area contributed by atoms with Gasteiger partial charge in [-0.3, -0.25) is 14.4 Å². The van der Waals surface area contributed by atoms with Crippen LogP contribution in [0.4, 0.5) is 0 Å². The first kappa shape index (κ1) is 15.3. The van der Waals surface area contributed by atoms with Crippen LogP contribution in [-0.4, -0.2) is 64.9 Å². The van der Waals surface area contributed by atoms with Gasteiger partial charge in [0, 0.05) is 25.5 Å². The molecule has 3 saturated heterocycles. The molecule has 2 N–H and O–H groups in total. The predicted octanol–water partition coefficient (Wildman–Crippen LogP) is -0.510. The van der Waals surface area contributed by atoms with Gasteiger partial charge in [-0.25, -0.2) is 0 Å². The minimum Gasteiger partial charge on any atom is -0.378 e. The van der Waals surface area contributed by atoms with Crippen LogP contribution in [0.3, 0.4) is 0 Å². The molecular formula is C15H23N3O4. The molecule has 2 unspecified atom stereocenters. The zero-order chi connectivity index (χ0) is 16.1. The Balaban J connectivity index is 1.84. The molecule has 3 rings (SSSR count). The zero-order valence-corrected chi connectivity index (χ0v) is 13.1. The molecule has 122 valence electrons. The normalized spacial score (nSPS) is 34.6. The zero-order valence-electron chi connectivity index (χ0n) is 13.1. The van der Waals surface area contributed by atoms with E-state index in [1.54, 1.807) is 4.90 Å². The number of carbonyl (C=O) groups is 3. The van der Waals surface area contributed by atoms with Crippen LogP contribution in [0, 0.1) is 5.92 Å². The summed E-state index contributed by atoms with van der Waals surface area (Å²) in [6, 6.07) is 0. The van der Waals surface area contributed by atoms with Gasteiger partial charge in [0.2, 0.25) is 11.8 Å². The topological polar surface area (TPSA) is 92.9 Å². The molecule has 7 nitrogen and oxygen atoms in total. The molecule has 3 amide bonds. The van der Waals surface area contributed by atoms with Crippen LogP contribution in [0.25, 0.3) is 0 Å². The summed E-state index contributed by atoms with van der Waals surface area (Å²) in [7, 11) is 0. The monoisotopic (exact) mass is 309 g/mol. The van der Waals surface area contributed by atoms with E-state index >= 15 is 0 Å². The summed E-state index contributed by atoms with van der Waals surface area (Å²) in [6.07, 6.45) is 1.91. The maximum Gasteiger partial charge on any atom is 0.251 e. The molecule has 0 saturated carbocycles. The highest BCUT2D eigenvalue weighted by Gasteiger charge is 2.66. The summed E-state index contributed by atoms with van der Waals surface area (Å²) < 4.78 is 5.32. The van der Waals surface area contributed by atoms with E-state index in [0.717, 1.165) is 6.42 Å². The van der Waals surface area contributed by atoms with Gasteiger partial charge in [-0.15, -0.1) is 0 Å². The number of carbonyl (C=O) groups excluding carboxylic acids is 3. The Hall–Kier alpha value is -1.63. The van der Waals surface area contributed by atoms with E-state index in [1.807, 2.05) is 13.8 Å². The van der Waals surface area contributed by atoms with Gasteiger partial charge >= 0.3 is 0 Å². The SMILES string of the molecule is CC(C)C(=O)N1CCCC12CN(C1(C(N)=O)CCOC1)C2=O. The van der Waals surface area contributed by atoms with Crippen molar-refractivity contribution in [3.8, 4) is 0 Å². The fourth-order valence-corrected chi connectivity index (χ4v) is 3.90. The third-order valence-electron chi connectivity index (χ3n) is 5.29. The summed E-state index contributed by atoms with van der Waals surface area (Å²) in [5.74, 6) is -0.811. The van der Waals surface area contributed by atoms with Crippen molar-refractivity contribution >= 4 is 17.7 Å². The molecule has 3 heterocycles. The summed E-state index contributed by atoms with van der Waals surface area (Å²) in [6.45, 7) is 5.25. The van der Waals surface area contributed by atoms with E-state index in [2.05, 4.69) is 0 Å². The lowest BCUT2D eigenvalue weighted by Gasteiger charge is -2.56. The molecule has 3 aliphatic heterocycles. The van der Waals surface area contributed by atoms with Crippen LogP contribution in [0.2, 0.25) is 0 Å². The quantitative estimate of drug-likeness (QED) is 0.711. The van der Waals surface area contributed by atoms with Crippen molar-refractivity contribution in [2.24, 2.45) is 11.7 Å². The summed E-state index contributed by atoms with van der Waals surface area (Å²) in [4.78, 5) is 40.4. The lowest BCUT2D eigenvalue weighted by Crippen LogP contribution is -2.79. The van der Waals surface area contributed by atoms with Crippen LogP contribution >= 0.6 is 0 Å². The average molecular weight is 309 g/mol. The molecule has 2 atom stereocenters. The molecule has 3 aliphatic rings. The minimum absolute atomic E-state index is 0.00120. The molecule has 3 fully saturated rings. The minimum atomic E-state index is -1.03. The van der Waals surface area contributed by atoms with Crippen molar-refractivity contribution in [2.75, 3.05) is 26.3 Å². The number of amides is 3. The van der Waals surface area contributed by atoms with E-state index in [9.17, 15) is 14.4 Å². The van der Waals surface area contributed by atoms with Crippen molar-refractivity contribution in [3.05, 3.63) is 0 Å². The van der Waals surface area contributed by atoms with Gasteiger partial charge in [-0.1, -0.05) is 13.8 Å². The van der Waals surface area contributed by atoms with Gasteiger partial charge < -0.3 is 20.3 Å². The summed E-state index contributed by atoms with van der Waals surface area (Å²) in [5, 5.41) is 0. The third kappa shape index (κ3) is 1.81. The molecular weight excluding hydrogens is 286 g/mol. The first-order chi connectivity index (χ1) is 10.3. The molecule has 0 radical (unpaired) electrons. The summed E-state index contributed by atoms with van der Waals surface area (Å²) in [5.41, 5.74) is 3.75. The number of rotatable bonds is 3. The average Bonchev–Trinajstić information content (AvgIpc) is 3.12. The Kier molecular flexibility index (Phi) is 3.43. The fraction of sp³-hybridized carbons (Fsp3) is 0.800. The molecule has 1 spiro atoms. The van der Waals surface area contributed by atoms with Crippen molar-refractivity contribution in [1.29, 1.82) is 0 Å². The number of likely N-dealkylation sites (tertiary alicyclic amines) is 2. The van der Waals surface area contributed by atoms with Crippen molar-refractivity contribution in [2.45, 2.75) is 44.2 Å². The highest BCUT2D eigenvalue weighted by molar-refractivity contribution is 6.01. The van der Waals surface area contributed by atoms with Crippen LogP contribution < -0.4 is 5.73 Å². The smallest absolute Gasteiger partial charge is 0.251 e. The van der Waals surface area contributed by atoms with Crippen LogP contribution in [0.5, 0.6) is 0 Å². The number of ether oxygens (including phenoxy) is 1. The Morgan fingerprint density at radius 2 is 2.05 bits per heavy atom. The first-order valence-corrected chi connectivity index (χ1v) is 7.86. The lowest BCUT2D eigenvalue weighted by atomic mass is 9.79. The number of nitrogens with two attached hydrogens (primary N) is 1. The second kappa shape index (κ2) is 4.94. The van der Waals surface area contributed by atoms with E-state index in [0.29, 0.717) is 32.5 Å². The number of hydrogen-bond acceptors (Lipinski definition) is 4. The Bertz CT molecular complexity index is 527. The van der Waals surface area contributed by atoms with Crippen molar-refractivity contribution < 1.29 is 19.1 Å². The first-order valence-electron chi connectivity index (χ1n) is 7.86. The second-order valence-electron chi connectivity index (χ2n) is 6.87. The van der Waals surface area contributed by atoms with Gasteiger partial charge in [0.15, 0.2) is 0 Å². The van der Waals surface area contributed by atoms with E-state index < -0.39 is 17.0 Å². The second-order valence-corrected chi connectivity index (χ2v) is 6.87.